The van der Waals surface area contributed by atoms with Crippen molar-refractivity contribution in [3.05, 3.63) is 87.3 Å². The average Bonchev–Trinajstić information content (AvgIpc) is 3.07. The second-order valence-electron chi connectivity index (χ2n) is 8.76. The maximum Gasteiger partial charge on any atom is 0.291 e. The van der Waals surface area contributed by atoms with E-state index < -0.39 is 6.04 Å². The fourth-order valence-corrected chi connectivity index (χ4v) is 4.61. The molecule has 2 aromatic carbocycles. The van der Waals surface area contributed by atoms with Gasteiger partial charge in [0.15, 0.2) is 5.43 Å². The second kappa shape index (κ2) is 9.65. The van der Waals surface area contributed by atoms with Crippen molar-refractivity contribution in [3.63, 3.8) is 0 Å². The first-order chi connectivity index (χ1) is 16.0. The molecule has 0 radical (unpaired) electrons. The molecule has 2 heterocycles. The molecule has 4 rings (SSSR count). The molecule has 1 aromatic heterocycles. The number of hydrogen-bond acceptors (Lipinski definition) is 4. The van der Waals surface area contributed by atoms with E-state index in [1.807, 2.05) is 50.2 Å². The standard InChI is InChI=1S/C28H31NO4/c1-5-7-8-9-15-32-21-12-10-20(11-13-21)24-23-25(30)22-17-18(3)16-19(4)26(22)33-27(23)28(31)29(24)14-6-2/h6,10-13,16-17,24H,2,5,7-9,14-15H2,1,3-4H3. The highest BCUT2D eigenvalue weighted by Gasteiger charge is 2.42. The van der Waals surface area contributed by atoms with Crippen LogP contribution in [-0.2, 0) is 0 Å². The summed E-state index contributed by atoms with van der Waals surface area (Å²) in [5, 5.41) is 0.511. The molecule has 0 saturated carbocycles. The largest absolute Gasteiger partial charge is 0.494 e. The lowest BCUT2D eigenvalue weighted by molar-refractivity contribution is 0.0748. The fourth-order valence-electron chi connectivity index (χ4n) is 4.61. The van der Waals surface area contributed by atoms with Crippen LogP contribution >= 0.6 is 0 Å². The van der Waals surface area contributed by atoms with E-state index in [9.17, 15) is 9.59 Å². The van der Waals surface area contributed by atoms with Gasteiger partial charge in [0.2, 0.25) is 5.76 Å². The number of carbonyl (C=O) groups excluding carboxylic acids is 1. The van der Waals surface area contributed by atoms with Crippen LogP contribution in [0.3, 0.4) is 0 Å². The number of nitrogens with zero attached hydrogens (tertiary/aromatic N) is 1. The van der Waals surface area contributed by atoms with Crippen molar-refractivity contribution in [3.8, 4) is 5.75 Å². The quantitative estimate of drug-likeness (QED) is 0.295. The maximum atomic E-state index is 13.6. The fraction of sp³-hybridized carbons (Fsp3) is 0.357. The molecule has 172 valence electrons. The number of unbranched alkanes of at least 4 members (excludes halogenated alkanes) is 3. The van der Waals surface area contributed by atoms with Crippen LogP contribution in [0.2, 0.25) is 0 Å². The van der Waals surface area contributed by atoms with Gasteiger partial charge in [-0.2, -0.15) is 0 Å². The lowest BCUT2D eigenvalue weighted by Crippen LogP contribution is -2.29. The highest BCUT2D eigenvalue weighted by Crippen LogP contribution is 2.39. The number of fused-ring (bicyclic) bond motifs is 2. The summed E-state index contributed by atoms with van der Waals surface area (Å²) in [7, 11) is 0. The molecule has 1 atom stereocenters. The summed E-state index contributed by atoms with van der Waals surface area (Å²) in [5.74, 6) is 0.625. The van der Waals surface area contributed by atoms with Crippen LogP contribution in [0.25, 0.3) is 11.0 Å². The molecule has 1 amide bonds. The predicted molar refractivity (Wildman–Crippen MR) is 131 cm³/mol. The molecule has 33 heavy (non-hydrogen) atoms. The van der Waals surface area contributed by atoms with Crippen LogP contribution in [0.1, 0.15) is 71.5 Å². The van der Waals surface area contributed by atoms with E-state index in [4.69, 9.17) is 9.15 Å². The van der Waals surface area contributed by atoms with E-state index in [0.29, 0.717) is 29.7 Å². The molecule has 1 unspecified atom stereocenters. The molecular formula is C28H31NO4. The first-order valence-electron chi connectivity index (χ1n) is 11.7. The summed E-state index contributed by atoms with van der Waals surface area (Å²) in [5.41, 5.74) is 3.39. The lowest BCUT2D eigenvalue weighted by Gasteiger charge is -2.24. The Labute approximate surface area is 194 Å². The molecule has 0 aliphatic carbocycles. The van der Waals surface area contributed by atoms with Gasteiger partial charge < -0.3 is 14.1 Å². The average molecular weight is 446 g/mol. The summed E-state index contributed by atoms with van der Waals surface area (Å²) in [6.45, 7) is 10.8. The van der Waals surface area contributed by atoms with Crippen molar-refractivity contribution in [1.82, 2.24) is 4.90 Å². The Bertz CT molecular complexity index is 1240. The molecule has 5 heteroatoms. The van der Waals surface area contributed by atoms with Gasteiger partial charge in [-0.3, -0.25) is 9.59 Å². The van der Waals surface area contributed by atoms with Gasteiger partial charge in [0, 0.05) is 6.54 Å². The number of amides is 1. The second-order valence-corrected chi connectivity index (χ2v) is 8.76. The normalized spacial score (nSPS) is 15.2. The Balaban J connectivity index is 1.72. The van der Waals surface area contributed by atoms with Crippen molar-refractivity contribution in [2.24, 2.45) is 0 Å². The van der Waals surface area contributed by atoms with Crippen molar-refractivity contribution in [1.29, 1.82) is 0 Å². The Morgan fingerprint density at radius 3 is 2.55 bits per heavy atom. The van der Waals surface area contributed by atoms with E-state index in [0.717, 1.165) is 35.3 Å². The van der Waals surface area contributed by atoms with E-state index in [1.54, 1.807) is 11.0 Å². The third-order valence-corrected chi connectivity index (χ3v) is 6.19. The SMILES string of the molecule is C=CCN1C(=O)c2oc3c(C)cc(C)cc3c(=O)c2C1c1ccc(OCCCCCC)cc1. The topological polar surface area (TPSA) is 59.8 Å². The van der Waals surface area contributed by atoms with Crippen LogP contribution in [0, 0.1) is 13.8 Å². The Morgan fingerprint density at radius 1 is 1.09 bits per heavy atom. The van der Waals surface area contributed by atoms with Gasteiger partial charge >= 0.3 is 0 Å². The minimum Gasteiger partial charge on any atom is -0.494 e. The van der Waals surface area contributed by atoms with Crippen molar-refractivity contribution >= 4 is 16.9 Å². The van der Waals surface area contributed by atoms with E-state index in [2.05, 4.69) is 13.5 Å². The molecule has 0 bridgehead atoms. The molecule has 5 nitrogen and oxygen atoms in total. The van der Waals surface area contributed by atoms with Gasteiger partial charge in [-0.05, 0) is 55.2 Å². The number of carbonyl (C=O) groups is 1. The predicted octanol–water partition coefficient (Wildman–Crippen LogP) is 6.10. The highest BCUT2D eigenvalue weighted by atomic mass is 16.5. The van der Waals surface area contributed by atoms with Crippen molar-refractivity contribution < 1.29 is 13.9 Å². The first kappa shape index (κ1) is 22.8. The van der Waals surface area contributed by atoms with Crippen LogP contribution in [0.15, 0.2) is 58.3 Å². The molecule has 1 aliphatic rings. The zero-order valence-electron chi connectivity index (χ0n) is 19.6. The van der Waals surface area contributed by atoms with Gasteiger partial charge in [0.25, 0.3) is 5.91 Å². The Kier molecular flexibility index (Phi) is 6.68. The van der Waals surface area contributed by atoms with E-state index in [-0.39, 0.29) is 17.1 Å². The summed E-state index contributed by atoms with van der Waals surface area (Å²) in [6.07, 6.45) is 6.27. The van der Waals surface area contributed by atoms with Crippen LogP contribution in [0.4, 0.5) is 0 Å². The van der Waals surface area contributed by atoms with Crippen LogP contribution in [0.5, 0.6) is 5.75 Å². The first-order valence-corrected chi connectivity index (χ1v) is 11.7. The third kappa shape index (κ3) is 4.32. The summed E-state index contributed by atoms with van der Waals surface area (Å²) < 4.78 is 11.9. The van der Waals surface area contributed by atoms with Gasteiger partial charge in [-0.15, -0.1) is 6.58 Å². The zero-order valence-corrected chi connectivity index (χ0v) is 19.6. The van der Waals surface area contributed by atoms with Crippen molar-refractivity contribution in [2.45, 2.75) is 52.5 Å². The van der Waals surface area contributed by atoms with Crippen LogP contribution in [-0.4, -0.2) is 24.0 Å². The zero-order chi connectivity index (χ0) is 23.5. The van der Waals surface area contributed by atoms with Crippen molar-refractivity contribution in [2.75, 3.05) is 13.2 Å². The van der Waals surface area contributed by atoms with E-state index >= 15 is 0 Å². The number of aryl methyl sites for hydroxylation is 2. The van der Waals surface area contributed by atoms with Gasteiger partial charge in [0.05, 0.1) is 23.6 Å². The molecule has 0 saturated heterocycles. The number of hydrogen-bond donors (Lipinski definition) is 0. The smallest absolute Gasteiger partial charge is 0.291 e. The highest BCUT2D eigenvalue weighted by molar-refractivity contribution is 5.99. The third-order valence-electron chi connectivity index (χ3n) is 6.19. The summed E-state index contributed by atoms with van der Waals surface area (Å²) >= 11 is 0. The minimum atomic E-state index is -0.523. The Hall–Kier alpha value is -3.34. The number of rotatable bonds is 9. The van der Waals surface area contributed by atoms with Gasteiger partial charge in [0.1, 0.15) is 11.3 Å². The summed E-state index contributed by atoms with van der Waals surface area (Å²) in [4.78, 5) is 28.5. The Morgan fingerprint density at radius 2 is 1.85 bits per heavy atom. The molecular weight excluding hydrogens is 414 g/mol. The molecule has 1 aliphatic heterocycles. The minimum absolute atomic E-state index is 0.127. The number of benzene rings is 2. The van der Waals surface area contributed by atoms with Gasteiger partial charge in [-0.1, -0.05) is 50.5 Å². The maximum absolute atomic E-state index is 13.6. The molecule has 3 aromatic rings. The van der Waals surface area contributed by atoms with E-state index in [1.165, 1.54) is 12.8 Å². The monoisotopic (exact) mass is 445 g/mol. The lowest BCUT2D eigenvalue weighted by atomic mass is 9.97. The summed E-state index contributed by atoms with van der Waals surface area (Å²) in [6, 6.07) is 10.9. The number of ether oxygens (including phenoxy) is 1. The molecule has 0 N–H and O–H groups in total. The van der Waals surface area contributed by atoms with Gasteiger partial charge in [-0.25, -0.2) is 0 Å². The molecule has 0 spiro atoms. The molecule has 0 fully saturated rings. The van der Waals surface area contributed by atoms with Crippen LogP contribution < -0.4 is 10.2 Å².